The number of carboxylic acid groups (broad SMARTS) is 1. The van der Waals surface area contributed by atoms with Gasteiger partial charge in [-0.3, -0.25) is 4.84 Å². The third-order valence-electron chi connectivity index (χ3n) is 4.21. The number of carboxylic acids is 1. The summed E-state index contributed by atoms with van der Waals surface area (Å²) < 4.78 is 0.850. The molecule has 1 N–H and O–H groups in total. The third kappa shape index (κ3) is 2.42. The third-order valence-corrected chi connectivity index (χ3v) is 5.92. The lowest BCUT2D eigenvalue weighted by Crippen LogP contribution is -2.37. The molecule has 2 amide bonds. The van der Waals surface area contributed by atoms with Gasteiger partial charge in [0.25, 0.3) is 0 Å². The molecule has 6 nitrogen and oxygen atoms in total. The Labute approximate surface area is 150 Å². The van der Waals surface area contributed by atoms with Gasteiger partial charge in [-0.15, -0.1) is 11.3 Å². The summed E-state index contributed by atoms with van der Waals surface area (Å²) >= 11 is 4.77. The first-order valence-electron chi connectivity index (χ1n) is 7.35. The van der Waals surface area contributed by atoms with Crippen LogP contribution >= 0.6 is 27.3 Å². The summed E-state index contributed by atoms with van der Waals surface area (Å²) in [5, 5.41) is 10.9. The van der Waals surface area contributed by atoms with Crippen LogP contribution in [0.15, 0.2) is 40.2 Å². The first-order valence-corrected chi connectivity index (χ1v) is 8.96. The number of amides is 2. The van der Waals surface area contributed by atoms with Gasteiger partial charge in [0.2, 0.25) is 0 Å². The smallest absolute Gasteiger partial charge is 0.345 e. The normalized spacial score (nSPS) is 22.0. The van der Waals surface area contributed by atoms with Crippen molar-refractivity contribution in [2.45, 2.75) is 18.7 Å². The molecule has 0 saturated carbocycles. The van der Waals surface area contributed by atoms with Crippen LogP contribution in [0.3, 0.4) is 0 Å². The Morgan fingerprint density at radius 3 is 2.83 bits per heavy atom. The Bertz CT molecular complexity index is 810. The SMILES string of the molecule is O=C(O)C1c2sc(Br)cc2C2CN1C(=O)N2OCc1ccccc1. The number of hydroxylamine groups is 2. The fourth-order valence-electron chi connectivity index (χ4n) is 3.15. The molecule has 1 saturated heterocycles. The molecule has 2 unspecified atom stereocenters. The van der Waals surface area contributed by atoms with E-state index in [1.165, 1.54) is 21.3 Å². The van der Waals surface area contributed by atoms with Gasteiger partial charge in [0.05, 0.1) is 10.3 Å². The minimum atomic E-state index is -1.03. The number of nitrogens with zero attached hydrogens (tertiary/aromatic N) is 2. The van der Waals surface area contributed by atoms with Crippen LogP contribution in [0.2, 0.25) is 0 Å². The molecule has 2 aliphatic heterocycles. The highest BCUT2D eigenvalue weighted by molar-refractivity contribution is 9.11. The van der Waals surface area contributed by atoms with E-state index in [2.05, 4.69) is 15.9 Å². The number of rotatable bonds is 4. The number of benzene rings is 1. The van der Waals surface area contributed by atoms with E-state index < -0.39 is 18.0 Å². The molecule has 0 spiro atoms. The lowest BCUT2D eigenvalue weighted by Gasteiger charge is -2.27. The van der Waals surface area contributed by atoms with Crippen molar-refractivity contribution in [3.63, 3.8) is 0 Å². The van der Waals surface area contributed by atoms with Crippen LogP contribution in [0.4, 0.5) is 4.79 Å². The fourth-order valence-corrected chi connectivity index (χ4v) is 4.97. The molecule has 1 aromatic carbocycles. The van der Waals surface area contributed by atoms with Crippen molar-refractivity contribution in [1.29, 1.82) is 0 Å². The molecule has 1 fully saturated rings. The summed E-state index contributed by atoms with van der Waals surface area (Å²) in [5.74, 6) is -1.03. The van der Waals surface area contributed by atoms with Crippen LogP contribution in [0, 0.1) is 0 Å². The van der Waals surface area contributed by atoms with E-state index in [0.29, 0.717) is 11.4 Å². The maximum Gasteiger partial charge on any atom is 0.345 e. The maximum atomic E-state index is 12.6. The van der Waals surface area contributed by atoms with Crippen LogP contribution in [0.5, 0.6) is 0 Å². The lowest BCUT2D eigenvalue weighted by molar-refractivity contribution is -0.143. The second kappa shape index (κ2) is 5.87. The van der Waals surface area contributed by atoms with Crippen molar-refractivity contribution >= 4 is 39.3 Å². The van der Waals surface area contributed by atoms with Gasteiger partial charge in [0.15, 0.2) is 6.04 Å². The van der Waals surface area contributed by atoms with E-state index in [1.54, 1.807) is 0 Å². The predicted molar refractivity (Wildman–Crippen MR) is 90.3 cm³/mol. The van der Waals surface area contributed by atoms with Crippen LogP contribution in [-0.4, -0.2) is 33.6 Å². The highest BCUT2D eigenvalue weighted by atomic mass is 79.9. The van der Waals surface area contributed by atoms with Crippen molar-refractivity contribution < 1.29 is 19.5 Å². The quantitative estimate of drug-likeness (QED) is 0.839. The second-order valence-electron chi connectivity index (χ2n) is 5.65. The van der Waals surface area contributed by atoms with Gasteiger partial charge in [-0.1, -0.05) is 30.3 Å². The van der Waals surface area contributed by atoms with Gasteiger partial charge in [-0.25, -0.2) is 9.59 Å². The lowest BCUT2D eigenvalue weighted by atomic mass is 10.00. The van der Waals surface area contributed by atoms with Crippen molar-refractivity contribution in [3.8, 4) is 0 Å². The second-order valence-corrected chi connectivity index (χ2v) is 8.11. The van der Waals surface area contributed by atoms with E-state index in [1.807, 2.05) is 36.4 Å². The molecule has 124 valence electrons. The molecule has 3 heterocycles. The first kappa shape index (κ1) is 15.6. The van der Waals surface area contributed by atoms with Gasteiger partial charge in [-0.05, 0) is 33.1 Å². The molecule has 0 aliphatic carbocycles. The molecule has 0 radical (unpaired) electrons. The van der Waals surface area contributed by atoms with Crippen LogP contribution in [0.1, 0.15) is 28.1 Å². The Hall–Kier alpha value is -1.90. The molecule has 4 rings (SSSR count). The Morgan fingerprint density at radius 2 is 2.12 bits per heavy atom. The molecule has 8 heteroatoms. The number of halogens is 1. The van der Waals surface area contributed by atoms with Crippen LogP contribution in [-0.2, 0) is 16.2 Å². The molecule has 2 bridgehead atoms. The van der Waals surface area contributed by atoms with Crippen LogP contribution in [0.25, 0.3) is 0 Å². The van der Waals surface area contributed by atoms with E-state index in [4.69, 9.17) is 4.84 Å². The van der Waals surface area contributed by atoms with Gasteiger partial charge < -0.3 is 10.0 Å². The van der Waals surface area contributed by atoms with E-state index in [0.717, 1.165) is 14.9 Å². The number of thiophene rings is 1. The zero-order chi connectivity index (χ0) is 16.8. The minimum absolute atomic E-state index is 0.259. The fraction of sp³-hybridized carbons (Fsp3) is 0.250. The zero-order valence-electron chi connectivity index (χ0n) is 12.4. The number of fused-ring (bicyclic) bond motifs is 4. The molecule has 2 atom stereocenters. The molecule has 24 heavy (non-hydrogen) atoms. The Kier molecular flexibility index (Phi) is 3.82. The topological polar surface area (TPSA) is 70.1 Å². The maximum absolute atomic E-state index is 12.6. The van der Waals surface area contributed by atoms with Gasteiger partial charge in [-0.2, -0.15) is 5.06 Å². The Morgan fingerprint density at radius 1 is 1.38 bits per heavy atom. The molecule has 1 aromatic heterocycles. The standard InChI is InChI=1S/C16H13BrN2O4S/c17-12-6-10-11-7-18(13(15(20)21)14(10)24-12)16(22)19(11)23-8-9-4-2-1-3-5-9/h1-6,11,13H,7-8H2,(H,20,21). The summed E-state index contributed by atoms with van der Waals surface area (Å²) in [6.45, 7) is 0.579. The number of carbonyl (C=O) groups is 2. The van der Waals surface area contributed by atoms with Gasteiger partial charge >= 0.3 is 12.0 Å². The van der Waals surface area contributed by atoms with Gasteiger partial charge in [0.1, 0.15) is 12.6 Å². The monoisotopic (exact) mass is 408 g/mol. The molecular weight excluding hydrogens is 396 g/mol. The van der Waals surface area contributed by atoms with Gasteiger partial charge in [0, 0.05) is 4.88 Å². The summed E-state index contributed by atoms with van der Waals surface area (Å²) in [5.41, 5.74) is 1.79. The highest BCUT2D eigenvalue weighted by Crippen LogP contribution is 2.48. The summed E-state index contributed by atoms with van der Waals surface area (Å²) in [6.07, 6.45) is 0. The molecular formula is C16H13BrN2O4S. The van der Waals surface area contributed by atoms with Crippen molar-refractivity contribution in [3.05, 3.63) is 56.2 Å². The minimum Gasteiger partial charge on any atom is -0.479 e. The molecule has 2 aromatic rings. The zero-order valence-corrected chi connectivity index (χ0v) is 14.8. The van der Waals surface area contributed by atoms with E-state index in [9.17, 15) is 14.7 Å². The van der Waals surface area contributed by atoms with Crippen molar-refractivity contribution in [2.24, 2.45) is 0 Å². The highest BCUT2D eigenvalue weighted by Gasteiger charge is 2.52. The van der Waals surface area contributed by atoms with Crippen molar-refractivity contribution in [1.82, 2.24) is 9.96 Å². The number of hydrogen-bond acceptors (Lipinski definition) is 4. The predicted octanol–water partition coefficient (Wildman–Crippen LogP) is 3.56. The average Bonchev–Trinajstić information content (AvgIpc) is 3.07. The number of carbonyl (C=O) groups excluding carboxylic acids is 1. The first-order chi connectivity index (χ1) is 11.6. The summed E-state index contributed by atoms with van der Waals surface area (Å²) in [4.78, 5) is 32.1. The average molecular weight is 409 g/mol. The summed E-state index contributed by atoms with van der Waals surface area (Å²) in [7, 11) is 0. The largest absolute Gasteiger partial charge is 0.479 e. The number of aliphatic carboxylic acids is 1. The van der Waals surface area contributed by atoms with Crippen molar-refractivity contribution in [2.75, 3.05) is 6.54 Å². The van der Waals surface area contributed by atoms with E-state index >= 15 is 0 Å². The van der Waals surface area contributed by atoms with E-state index in [-0.39, 0.29) is 12.6 Å². The number of urea groups is 1. The summed E-state index contributed by atoms with van der Waals surface area (Å²) in [6, 6.07) is 9.80. The Balaban J connectivity index is 1.64. The van der Waals surface area contributed by atoms with Crippen LogP contribution < -0.4 is 0 Å². The molecule has 2 aliphatic rings. The number of hydrogen-bond donors (Lipinski definition) is 1.